The lowest BCUT2D eigenvalue weighted by Crippen LogP contribution is -2.51. The Morgan fingerprint density at radius 2 is 1.67 bits per heavy atom. The summed E-state index contributed by atoms with van der Waals surface area (Å²) in [4.78, 5) is 27.2. The number of amides is 3. The number of methoxy groups -OCH3 is 2. The van der Waals surface area contributed by atoms with E-state index in [1.165, 1.54) is 7.11 Å². The largest absolute Gasteiger partial charge is 0.493 e. The van der Waals surface area contributed by atoms with Gasteiger partial charge in [-0.25, -0.2) is 9.59 Å². The van der Waals surface area contributed by atoms with Crippen LogP contribution in [0.2, 0.25) is 0 Å². The highest BCUT2D eigenvalue weighted by Gasteiger charge is 2.24. The average molecular weight is 337 g/mol. The number of rotatable bonds is 4. The van der Waals surface area contributed by atoms with E-state index in [1.807, 2.05) is 0 Å². The topological polar surface area (TPSA) is 80.3 Å². The Kier molecular flexibility index (Phi) is 6.11. The van der Waals surface area contributed by atoms with Crippen LogP contribution in [0.1, 0.15) is 6.92 Å². The van der Waals surface area contributed by atoms with Crippen LogP contribution < -0.4 is 14.8 Å². The van der Waals surface area contributed by atoms with E-state index in [0.717, 1.165) is 0 Å². The van der Waals surface area contributed by atoms with Crippen molar-refractivity contribution < 1.29 is 23.8 Å². The molecule has 0 saturated carbocycles. The van der Waals surface area contributed by atoms with E-state index in [4.69, 9.17) is 14.2 Å². The molecule has 1 saturated heterocycles. The summed E-state index contributed by atoms with van der Waals surface area (Å²) in [5, 5.41) is 2.82. The molecule has 132 valence electrons. The normalized spacial score (nSPS) is 14.1. The van der Waals surface area contributed by atoms with Gasteiger partial charge >= 0.3 is 12.1 Å². The van der Waals surface area contributed by atoms with Gasteiger partial charge in [-0.2, -0.15) is 0 Å². The third kappa shape index (κ3) is 4.21. The molecule has 8 heteroatoms. The first-order valence-electron chi connectivity index (χ1n) is 7.78. The van der Waals surface area contributed by atoms with Crippen molar-refractivity contribution in [2.45, 2.75) is 6.92 Å². The van der Waals surface area contributed by atoms with Crippen molar-refractivity contribution in [3.05, 3.63) is 18.2 Å². The van der Waals surface area contributed by atoms with Crippen LogP contribution in [-0.4, -0.2) is 68.9 Å². The van der Waals surface area contributed by atoms with Crippen molar-refractivity contribution in [3.63, 3.8) is 0 Å². The maximum Gasteiger partial charge on any atom is 0.409 e. The Bertz CT molecular complexity index is 585. The Hall–Kier alpha value is -2.64. The summed E-state index contributed by atoms with van der Waals surface area (Å²) in [6.45, 7) is 3.94. The lowest BCUT2D eigenvalue weighted by molar-refractivity contribution is 0.0868. The number of ether oxygens (including phenoxy) is 3. The van der Waals surface area contributed by atoms with E-state index < -0.39 is 0 Å². The van der Waals surface area contributed by atoms with E-state index in [-0.39, 0.29) is 12.1 Å². The first-order chi connectivity index (χ1) is 11.6. The lowest BCUT2D eigenvalue weighted by Gasteiger charge is -2.34. The number of piperazine rings is 1. The van der Waals surface area contributed by atoms with Crippen LogP contribution in [0, 0.1) is 0 Å². The molecule has 1 aromatic rings. The van der Waals surface area contributed by atoms with Gasteiger partial charge in [-0.3, -0.25) is 0 Å². The monoisotopic (exact) mass is 337 g/mol. The van der Waals surface area contributed by atoms with Crippen molar-refractivity contribution in [2.24, 2.45) is 0 Å². The van der Waals surface area contributed by atoms with E-state index in [0.29, 0.717) is 50.0 Å². The van der Waals surface area contributed by atoms with Crippen molar-refractivity contribution in [2.75, 3.05) is 52.3 Å². The molecule has 0 bridgehead atoms. The molecule has 1 heterocycles. The number of nitrogens with one attached hydrogen (secondary N) is 1. The molecule has 1 N–H and O–H groups in total. The zero-order valence-electron chi connectivity index (χ0n) is 14.2. The number of hydrogen-bond donors (Lipinski definition) is 1. The summed E-state index contributed by atoms with van der Waals surface area (Å²) >= 11 is 0. The standard InChI is InChI=1S/C16H23N3O5/c1-4-24-16(21)19-9-7-18(8-10-19)15(20)17-12-5-6-13(22-2)14(11-12)23-3/h5-6,11H,4,7-10H2,1-3H3,(H,17,20). The van der Waals surface area contributed by atoms with Gasteiger partial charge in [-0.1, -0.05) is 0 Å². The first-order valence-corrected chi connectivity index (χ1v) is 7.78. The maximum atomic E-state index is 12.3. The van der Waals surface area contributed by atoms with Gasteiger partial charge in [0.25, 0.3) is 0 Å². The van der Waals surface area contributed by atoms with Crippen molar-refractivity contribution in [1.29, 1.82) is 0 Å². The Labute approximate surface area is 141 Å². The second-order valence-corrected chi connectivity index (χ2v) is 5.17. The summed E-state index contributed by atoms with van der Waals surface area (Å²) < 4.78 is 15.4. The minimum absolute atomic E-state index is 0.217. The molecule has 0 spiro atoms. The Morgan fingerprint density at radius 3 is 2.25 bits per heavy atom. The molecule has 0 aromatic heterocycles. The van der Waals surface area contributed by atoms with Gasteiger partial charge in [0.2, 0.25) is 0 Å². The maximum absolute atomic E-state index is 12.3. The van der Waals surface area contributed by atoms with Gasteiger partial charge in [0.15, 0.2) is 11.5 Å². The van der Waals surface area contributed by atoms with E-state index in [1.54, 1.807) is 42.0 Å². The molecular weight excluding hydrogens is 314 g/mol. The smallest absolute Gasteiger partial charge is 0.409 e. The lowest BCUT2D eigenvalue weighted by atomic mass is 10.2. The summed E-state index contributed by atoms with van der Waals surface area (Å²) in [5.41, 5.74) is 0.616. The Morgan fingerprint density at radius 1 is 1.04 bits per heavy atom. The summed E-state index contributed by atoms with van der Waals surface area (Å²) in [6, 6.07) is 4.96. The fraction of sp³-hybridized carbons (Fsp3) is 0.500. The number of carbonyl (C=O) groups is 2. The number of hydrogen-bond acceptors (Lipinski definition) is 5. The molecule has 1 aliphatic heterocycles. The highest BCUT2D eigenvalue weighted by molar-refractivity contribution is 5.90. The van der Waals surface area contributed by atoms with Crippen LogP contribution in [0.15, 0.2) is 18.2 Å². The quantitative estimate of drug-likeness (QED) is 0.909. The average Bonchev–Trinajstić information content (AvgIpc) is 2.61. The molecule has 0 unspecified atom stereocenters. The fourth-order valence-corrected chi connectivity index (χ4v) is 2.42. The molecule has 1 aliphatic rings. The fourth-order valence-electron chi connectivity index (χ4n) is 2.42. The number of benzene rings is 1. The van der Waals surface area contributed by atoms with Gasteiger partial charge in [0.1, 0.15) is 0 Å². The Balaban J connectivity index is 1.91. The summed E-state index contributed by atoms with van der Waals surface area (Å²) in [6.07, 6.45) is -0.336. The summed E-state index contributed by atoms with van der Waals surface area (Å²) in [7, 11) is 3.09. The number of carbonyl (C=O) groups excluding carboxylic acids is 2. The van der Waals surface area contributed by atoms with Gasteiger partial charge in [-0.05, 0) is 19.1 Å². The van der Waals surface area contributed by atoms with Crippen LogP contribution in [0.5, 0.6) is 11.5 Å². The van der Waals surface area contributed by atoms with Gasteiger partial charge in [-0.15, -0.1) is 0 Å². The van der Waals surface area contributed by atoms with Crippen molar-refractivity contribution in [1.82, 2.24) is 9.80 Å². The molecule has 8 nitrogen and oxygen atoms in total. The van der Waals surface area contributed by atoms with E-state index in [2.05, 4.69) is 5.32 Å². The summed E-state index contributed by atoms with van der Waals surface area (Å²) in [5.74, 6) is 1.14. The van der Waals surface area contributed by atoms with Crippen LogP contribution in [0.3, 0.4) is 0 Å². The molecular formula is C16H23N3O5. The SMILES string of the molecule is CCOC(=O)N1CCN(C(=O)Nc2ccc(OC)c(OC)c2)CC1. The molecule has 24 heavy (non-hydrogen) atoms. The van der Waals surface area contributed by atoms with Crippen molar-refractivity contribution >= 4 is 17.8 Å². The second kappa shape index (κ2) is 8.28. The van der Waals surface area contributed by atoms with Crippen LogP contribution >= 0.6 is 0 Å². The van der Waals surface area contributed by atoms with Gasteiger partial charge in [0, 0.05) is 37.9 Å². The minimum atomic E-state index is -0.336. The molecule has 0 aliphatic carbocycles. The van der Waals surface area contributed by atoms with E-state index >= 15 is 0 Å². The number of nitrogens with zero attached hydrogens (tertiary/aromatic N) is 2. The first kappa shape index (κ1) is 17.7. The predicted molar refractivity (Wildman–Crippen MR) is 88.7 cm³/mol. The third-order valence-electron chi connectivity index (χ3n) is 3.73. The van der Waals surface area contributed by atoms with Crippen LogP contribution in [-0.2, 0) is 4.74 Å². The highest BCUT2D eigenvalue weighted by Crippen LogP contribution is 2.29. The second-order valence-electron chi connectivity index (χ2n) is 5.17. The van der Waals surface area contributed by atoms with Crippen LogP contribution in [0.4, 0.5) is 15.3 Å². The molecule has 1 fully saturated rings. The van der Waals surface area contributed by atoms with Gasteiger partial charge < -0.3 is 29.3 Å². The third-order valence-corrected chi connectivity index (χ3v) is 3.73. The number of urea groups is 1. The van der Waals surface area contributed by atoms with Crippen molar-refractivity contribution in [3.8, 4) is 11.5 Å². The highest BCUT2D eigenvalue weighted by atomic mass is 16.6. The molecule has 1 aromatic carbocycles. The minimum Gasteiger partial charge on any atom is -0.493 e. The molecule has 2 rings (SSSR count). The van der Waals surface area contributed by atoms with Gasteiger partial charge in [0.05, 0.1) is 20.8 Å². The predicted octanol–water partition coefficient (Wildman–Crippen LogP) is 2.01. The molecule has 0 radical (unpaired) electrons. The number of anilines is 1. The molecule has 3 amide bonds. The zero-order chi connectivity index (χ0) is 17.5. The molecule has 0 atom stereocenters. The van der Waals surface area contributed by atoms with Crippen LogP contribution in [0.25, 0.3) is 0 Å². The zero-order valence-corrected chi connectivity index (χ0v) is 14.2. The van der Waals surface area contributed by atoms with E-state index in [9.17, 15) is 9.59 Å².